The van der Waals surface area contributed by atoms with Gasteiger partial charge >= 0.3 is 5.97 Å². The number of thioether (sulfide) groups is 1. The Balaban J connectivity index is 2.09. The molecule has 0 aliphatic carbocycles. The molecule has 5 heteroatoms. The predicted octanol–water partition coefficient (Wildman–Crippen LogP) is 1.25. The van der Waals surface area contributed by atoms with Crippen molar-refractivity contribution in [3.63, 3.8) is 0 Å². The van der Waals surface area contributed by atoms with E-state index < -0.39 is 5.97 Å². The summed E-state index contributed by atoms with van der Waals surface area (Å²) in [4.78, 5) is 21.6. The second-order valence-electron chi connectivity index (χ2n) is 3.70. The van der Waals surface area contributed by atoms with Gasteiger partial charge in [-0.3, -0.25) is 9.59 Å². The van der Waals surface area contributed by atoms with Gasteiger partial charge in [0, 0.05) is 18.9 Å². The Morgan fingerprint density at radius 1 is 1.27 bits per heavy atom. The molecule has 1 rings (SSSR count). The Morgan fingerprint density at radius 2 is 1.93 bits per heavy atom. The zero-order chi connectivity index (χ0) is 11.1. The lowest BCUT2D eigenvalue weighted by Crippen LogP contribution is -2.37. The molecule has 1 heterocycles. The molecule has 0 bridgehead atoms. The third-order valence-electron chi connectivity index (χ3n) is 2.38. The van der Waals surface area contributed by atoms with E-state index in [9.17, 15) is 9.59 Å². The largest absolute Gasteiger partial charge is 0.481 e. The van der Waals surface area contributed by atoms with E-state index in [1.54, 1.807) is 0 Å². The maximum absolute atomic E-state index is 11.4. The second-order valence-corrected chi connectivity index (χ2v) is 4.93. The minimum Gasteiger partial charge on any atom is -0.481 e. The summed E-state index contributed by atoms with van der Waals surface area (Å²) < 4.78 is 0. The van der Waals surface area contributed by atoms with E-state index in [0.29, 0.717) is 18.9 Å². The second kappa shape index (κ2) is 6.71. The number of carbonyl (C=O) groups excluding carboxylic acids is 1. The summed E-state index contributed by atoms with van der Waals surface area (Å²) in [6, 6.07) is 0.309. The molecule has 0 atom stereocenters. The first-order chi connectivity index (χ1) is 7.18. The molecule has 4 nitrogen and oxygen atoms in total. The number of aliphatic carboxylic acids is 1. The Hall–Kier alpha value is -0.710. The molecule has 15 heavy (non-hydrogen) atoms. The molecule has 86 valence electrons. The lowest BCUT2D eigenvalue weighted by atomic mass is 10.1. The van der Waals surface area contributed by atoms with E-state index in [1.165, 1.54) is 0 Å². The maximum atomic E-state index is 11.4. The highest BCUT2D eigenvalue weighted by Gasteiger charge is 2.15. The smallest absolute Gasteiger partial charge is 0.303 e. The highest BCUT2D eigenvalue weighted by atomic mass is 32.2. The van der Waals surface area contributed by atoms with Crippen molar-refractivity contribution in [2.75, 3.05) is 11.5 Å². The minimum atomic E-state index is -0.836. The molecule has 1 amide bonds. The molecule has 0 saturated carbocycles. The fourth-order valence-corrected chi connectivity index (χ4v) is 2.65. The molecule has 2 N–H and O–H groups in total. The van der Waals surface area contributed by atoms with Crippen molar-refractivity contribution in [1.29, 1.82) is 0 Å². The summed E-state index contributed by atoms with van der Waals surface area (Å²) in [6.45, 7) is 0. The van der Waals surface area contributed by atoms with Crippen molar-refractivity contribution in [1.82, 2.24) is 5.32 Å². The van der Waals surface area contributed by atoms with Gasteiger partial charge in [0.25, 0.3) is 0 Å². The molecular formula is C10H17NO3S. The summed E-state index contributed by atoms with van der Waals surface area (Å²) >= 11 is 1.92. The summed E-state index contributed by atoms with van der Waals surface area (Å²) in [5.41, 5.74) is 0. The lowest BCUT2D eigenvalue weighted by Gasteiger charge is -2.22. The van der Waals surface area contributed by atoms with Gasteiger partial charge in [0.15, 0.2) is 0 Å². The molecule has 1 aliphatic heterocycles. The van der Waals surface area contributed by atoms with Gasteiger partial charge in [0.05, 0.1) is 0 Å². The van der Waals surface area contributed by atoms with E-state index in [2.05, 4.69) is 5.32 Å². The summed E-state index contributed by atoms with van der Waals surface area (Å²) in [6.07, 6.45) is 2.91. The van der Waals surface area contributed by atoms with Crippen LogP contribution in [0.5, 0.6) is 0 Å². The van der Waals surface area contributed by atoms with Crippen LogP contribution in [0.25, 0.3) is 0 Å². The standard InChI is InChI=1S/C10H17NO3S/c12-9(2-1-3-10(13)14)11-8-4-6-15-7-5-8/h8H,1-7H2,(H,11,12)(H,13,14). The van der Waals surface area contributed by atoms with Gasteiger partial charge in [-0.2, -0.15) is 11.8 Å². The van der Waals surface area contributed by atoms with Gasteiger partial charge < -0.3 is 10.4 Å². The first-order valence-corrected chi connectivity index (χ1v) is 6.43. The molecule has 0 aromatic rings. The van der Waals surface area contributed by atoms with Gasteiger partial charge in [-0.05, 0) is 30.8 Å². The normalized spacial score (nSPS) is 17.3. The van der Waals surface area contributed by atoms with Crippen molar-refractivity contribution in [2.45, 2.75) is 38.1 Å². The summed E-state index contributed by atoms with van der Waals surface area (Å²) in [5, 5.41) is 11.4. The zero-order valence-electron chi connectivity index (χ0n) is 8.70. The molecular weight excluding hydrogens is 214 g/mol. The minimum absolute atomic E-state index is 0.00634. The first kappa shape index (κ1) is 12.4. The van der Waals surface area contributed by atoms with Gasteiger partial charge in [-0.1, -0.05) is 0 Å². The van der Waals surface area contributed by atoms with E-state index in [4.69, 9.17) is 5.11 Å². The molecule has 1 saturated heterocycles. The highest BCUT2D eigenvalue weighted by Crippen LogP contribution is 2.16. The third kappa shape index (κ3) is 5.67. The average Bonchev–Trinajstić information content (AvgIpc) is 2.18. The van der Waals surface area contributed by atoms with Gasteiger partial charge in [0.1, 0.15) is 0 Å². The van der Waals surface area contributed by atoms with Crippen LogP contribution >= 0.6 is 11.8 Å². The molecule has 1 fully saturated rings. The lowest BCUT2D eigenvalue weighted by molar-refractivity contribution is -0.137. The number of hydrogen-bond donors (Lipinski definition) is 2. The van der Waals surface area contributed by atoms with Crippen molar-refractivity contribution in [3.8, 4) is 0 Å². The van der Waals surface area contributed by atoms with Crippen molar-refractivity contribution >= 4 is 23.6 Å². The summed E-state index contributed by atoms with van der Waals surface area (Å²) in [5.74, 6) is 1.38. The molecule has 0 radical (unpaired) electrons. The number of hydrogen-bond acceptors (Lipinski definition) is 3. The third-order valence-corrected chi connectivity index (χ3v) is 3.43. The van der Waals surface area contributed by atoms with E-state index in [1.807, 2.05) is 11.8 Å². The Morgan fingerprint density at radius 3 is 2.53 bits per heavy atom. The molecule has 0 spiro atoms. The number of nitrogens with one attached hydrogen (secondary N) is 1. The van der Waals surface area contributed by atoms with Crippen LogP contribution in [0, 0.1) is 0 Å². The van der Waals surface area contributed by atoms with E-state index in [0.717, 1.165) is 24.3 Å². The van der Waals surface area contributed by atoms with Crippen molar-refractivity contribution in [2.24, 2.45) is 0 Å². The zero-order valence-corrected chi connectivity index (χ0v) is 9.52. The van der Waals surface area contributed by atoms with Crippen LogP contribution in [-0.4, -0.2) is 34.5 Å². The molecule has 0 unspecified atom stereocenters. The van der Waals surface area contributed by atoms with Crippen LogP contribution in [-0.2, 0) is 9.59 Å². The van der Waals surface area contributed by atoms with Crippen molar-refractivity contribution in [3.05, 3.63) is 0 Å². The Labute approximate surface area is 93.8 Å². The van der Waals surface area contributed by atoms with Crippen LogP contribution in [0.3, 0.4) is 0 Å². The van der Waals surface area contributed by atoms with Crippen LogP contribution in [0.4, 0.5) is 0 Å². The topological polar surface area (TPSA) is 66.4 Å². The van der Waals surface area contributed by atoms with E-state index >= 15 is 0 Å². The number of rotatable bonds is 5. The first-order valence-electron chi connectivity index (χ1n) is 5.27. The monoisotopic (exact) mass is 231 g/mol. The fourth-order valence-electron chi connectivity index (χ4n) is 1.54. The van der Waals surface area contributed by atoms with E-state index in [-0.39, 0.29) is 12.3 Å². The fraction of sp³-hybridized carbons (Fsp3) is 0.800. The predicted molar refractivity (Wildman–Crippen MR) is 60.0 cm³/mol. The number of carboxylic acid groups (broad SMARTS) is 1. The number of carbonyl (C=O) groups is 2. The Kier molecular flexibility index (Phi) is 5.53. The van der Waals surface area contributed by atoms with Gasteiger partial charge in [-0.25, -0.2) is 0 Å². The summed E-state index contributed by atoms with van der Waals surface area (Å²) in [7, 11) is 0. The van der Waals surface area contributed by atoms with Crippen LogP contribution in [0.15, 0.2) is 0 Å². The Bertz CT molecular complexity index is 227. The van der Waals surface area contributed by atoms with Crippen LogP contribution in [0.1, 0.15) is 32.1 Å². The SMILES string of the molecule is O=C(O)CCCC(=O)NC1CCSCC1. The molecule has 0 aromatic carbocycles. The van der Waals surface area contributed by atoms with Crippen LogP contribution < -0.4 is 5.32 Å². The number of carboxylic acids is 1. The quantitative estimate of drug-likeness (QED) is 0.747. The maximum Gasteiger partial charge on any atom is 0.303 e. The van der Waals surface area contributed by atoms with Crippen LogP contribution in [0.2, 0.25) is 0 Å². The van der Waals surface area contributed by atoms with Gasteiger partial charge in [0.2, 0.25) is 5.91 Å². The molecule has 1 aliphatic rings. The van der Waals surface area contributed by atoms with Gasteiger partial charge in [-0.15, -0.1) is 0 Å². The molecule has 0 aromatic heterocycles. The number of amides is 1. The highest BCUT2D eigenvalue weighted by molar-refractivity contribution is 7.99. The average molecular weight is 231 g/mol. The van der Waals surface area contributed by atoms with Crippen molar-refractivity contribution < 1.29 is 14.7 Å².